The molecule has 1 aliphatic rings. The lowest BCUT2D eigenvalue weighted by atomic mass is 10.2. The fourth-order valence-electron chi connectivity index (χ4n) is 2.48. The molecule has 2 N–H and O–H groups in total. The number of fused-ring (bicyclic) bond motifs is 1. The molecule has 1 amide bonds. The Bertz CT molecular complexity index is 960. The Morgan fingerprint density at radius 2 is 1.88 bits per heavy atom. The first-order chi connectivity index (χ1) is 12.7. The van der Waals surface area contributed by atoms with Crippen molar-refractivity contribution >= 4 is 34.7 Å². The maximum absolute atomic E-state index is 12.3. The van der Waals surface area contributed by atoms with Gasteiger partial charge in [0.1, 0.15) is 5.82 Å². The second-order valence-corrected chi connectivity index (χ2v) is 5.97. The first kappa shape index (κ1) is 16.2. The molecule has 4 rings (SSSR count). The van der Waals surface area contributed by atoms with Gasteiger partial charge in [0, 0.05) is 18.0 Å². The van der Waals surface area contributed by atoms with E-state index in [2.05, 4.69) is 15.6 Å². The quantitative estimate of drug-likeness (QED) is 0.712. The van der Waals surface area contributed by atoms with Gasteiger partial charge in [-0.2, -0.15) is 0 Å². The number of halogens is 1. The number of nitrogens with one attached hydrogen (secondary N) is 2. The number of para-hydroxylation sites is 1. The average Bonchev–Trinajstić information content (AvgIpc) is 3.12. The van der Waals surface area contributed by atoms with Gasteiger partial charge in [-0.15, -0.1) is 0 Å². The summed E-state index contributed by atoms with van der Waals surface area (Å²) in [6.45, 7) is 0.228. The Balaban J connectivity index is 1.45. The van der Waals surface area contributed by atoms with E-state index in [1.807, 2.05) is 18.2 Å². The fourth-order valence-corrected chi connectivity index (χ4v) is 2.66. The number of aromatic nitrogens is 1. The maximum Gasteiger partial charge on any atom is 0.257 e. The maximum atomic E-state index is 12.3. The van der Waals surface area contributed by atoms with Gasteiger partial charge in [-0.3, -0.25) is 4.79 Å². The highest BCUT2D eigenvalue weighted by Crippen LogP contribution is 2.34. The van der Waals surface area contributed by atoms with Crippen molar-refractivity contribution in [3.05, 3.63) is 71.4 Å². The van der Waals surface area contributed by atoms with Crippen LogP contribution in [0.5, 0.6) is 11.5 Å². The molecule has 6 nitrogen and oxygen atoms in total. The number of carbonyl (C=O) groups excluding carboxylic acids is 1. The zero-order valence-electron chi connectivity index (χ0n) is 13.5. The van der Waals surface area contributed by atoms with Crippen LogP contribution in [0.15, 0.2) is 60.8 Å². The molecule has 0 saturated heterocycles. The van der Waals surface area contributed by atoms with Gasteiger partial charge in [-0.1, -0.05) is 23.7 Å². The van der Waals surface area contributed by atoms with Gasteiger partial charge in [0.25, 0.3) is 5.91 Å². The number of nitrogens with zero attached hydrogens (tertiary/aromatic N) is 1. The zero-order chi connectivity index (χ0) is 17.9. The zero-order valence-corrected chi connectivity index (χ0v) is 14.3. The van der Waals surface area contributed by atoms with Gasteiger partial charge in [0.15, 0.2) is 11.5 Å². The van der Waals surface area contributed by atoms with E-state index in [0.29, 0.717) is 27.8 Å². The van der Waals surface area contributed by atoms with Gasteiger partial charge in [-0.05, 0) is 36.4 Å². The highest BCUT2D eigenvalue weighted by atomic mass is 35.5. The van der Waals surface area contributed by atoms with Gasteiger partial charge in [-0.25, -0.2) is 4.98 Å². The number of ether oxygens (including phenoxy) is 2. The second-order valence-electron chi connectivity index (χ2n) is 5.56. The number of hydrogen-bond donors (Lipinski definition) is 2. The lowest BCUT2D eigenvalue weighted by molar-refractivity contribution is 0.102. The topological polar surface area (TPSA) is 72.5 Å². The summed E-state index contributed by atoms with van der Waals surface area (Å²) in [5.41, 5.74) is 1.80. The second kappa shape index (κ2) is 6.93. The van der Waals surface area contributed by atoms with E-state index in [0.717, 1.165) is 11.4 Å². The molecule has 0 aliphatic carbocycles. The molecule has 1 aromatic heterocycles. The van der Waals surface area contributed by atoms with E-state index in [4.69, 9.17) is 21.1 Å². The number of pyridine rings is 1. The molecule has 7 heteroatoms. The van der Waals surface area contributed by atoms with Crippen molar-refractivity contribution in [2.24, 2.45) is 0 Å². The molecule has 130 valence electrons. The van der Waals surface area contributed by atoms with Crippen LogP contribution in [0, 0.1) is 0 Å². The average molecular weight is 368 g/mol. The Kier molecular flexibility index (Phi) is 4.33. The molecule has 3 aromatic rings. The third-order valence-corrected chi connectivity index (χ3v) is 4.12. The van der Waals surface area contributed by atoms with Gasteiger partial charge < -0.3 is 20.1 Å². The number of anilines is 3. The summed E-state index contributed by atoms with van der Waals surface area (Å²) in [5.74, 6) is 1.74. The molecule has 0 saturated carbocycles. The van der Waals surface area contributed by atoms with E-state index >= 15 is 0 Å². The lowest BCUT2D eigenvalue weighted by Gasteiger charge is -2.09. The molecule has 0 atom stereocenters. The molecule has 0 radical (unpaired) electrons. The van der Waals surface area contributed by atoms with Crippen LogP contribution >= 0.6 is 11.6 Å². The van der Waals surface area contributed by atoms with Crippen LogP contribution in [-0.4, -0.2) is 17.7 Å². The normalized spacial score (nSPS) is 11.9. The summed E-state index contributed by atoms with van der Waals surface area (Å²) in [6, 6.07) is 16.0. The largest absolute Gasteiger partial charge is 0.454 e. The molecular formula is C19H14ClN3O3. The molecule has 0 fully saturated rings. The Labute approximate surface area is 154 Å². The number of amides is 1. The van der Waals surface area contributed by atoms with Crippen molar-refractivity contribution in [1.82, 2.24) is 4.98 Å². The van der Waals surface area contributed by atoms with Crippen molar-refractivity contribution in [2.45, 2.75) is 0 Å². The van der Waals surface area contributed by atoms with E-state index in [9.17, 15) is 4.79 Å². The molecule has 1 aliphatic heterocycles. The van der Waals surface area contributed by atoms with Crippen LogP contribution in [0.1, 0.15) is 10.4 Å². The SMILES string of the molecule is O=C(Nc1ccccc1Cl)c1ccc(Nc2ccc3c(c2)OCO3)nc1. The van der Waals surface area contributed by atoms with Crippen LogP contribution in [0.2, 0.25) is 5.02 Å². The number of benzene rings is 2. The van der Waals surface area contributed by atoms with Crippen molar-refractivity contribution in [3.63, 3.8) is 0 Å². The number of carbonyl (C=O) groups is 1. The first-order valence-electron chi connectivity index (χ1n) is 7.88. The van der Waals surface area contributed by atoms with E-state index in [1.54, 1.807) is 36.4 Å². The summed E-state index contributed by atoms with van der Waals surface area (Å²) in [6.07, 6.45) is 1.50. The van der Waals surface area contributed by atoms with Crippen molar-refractivity contribution in [1.29, 1.82) is 0 Å². The third kappa shape index (κ3) is 3.41. The van der Waals surface area contributed by atoms with Crippen molar-refractivity contribution < 1.29 is 14.3 Å². The lowest BCUT2D eigenvalue weighted by Crippen LogP contribution is -2.12. The van der Waals surface area contributed by atoms with Gasteiger partial charge in [0.05, 0.1) is 16.3 Å². The predicted molar refractivity (Wildman–Crippen MR) is 99.5 cm³/mol. The predicted octanol–water partition coefficient (Wildman–Crippen LogP) is 4.46. The summed E-state index contributed by atoms with van der Waals surface area (Å²) in [4.78, 5) is 16.6. The van der Waals surface area contributed by atoms with E-state index in [-0.39, 0.29) is 12.7 Å². The van der Waals surface area contributed by atoms with Crippen LogP contribution in [0.3, 0.4) is 0 Å². The van der Waals surface area contributed by atoms with Crippen LogP contribution < -0.4 is 20.1 Å². The van der Waals surface area contributed by atoms with Crippen LogP contribution in [0.4, 0.5) is 17.2 Å². The Morgan fingerprint density at radius 1 is 1.04 bits per heavy atom. The summed E-state index contributed by atoms with van der Waals surface area (Å²) in [7, 11) is 0. The minimum Gasteiger partial charge on any atom is -0.454 e. The third-order valence-electron chi connectivity index (χ3n) is 3.79. The standard InChI is InChI=1S/C19H14ClN3O3/c20-14-3-1-2-4-15(14)23-19(24)12-5-8-18(21-10-12)22-13-6-7-16-17(9-13)26-11-25-16/h1-10H,11H2,(H,21,22)(H,23,24). The first-order valence-corrected chi connectivity index (χ1v) is 8.25. The molecule has 0 unspecified atom stereocenters. The molecule has 0 spiro atoms. The molecule has 26 heavy (non-hydrogen) atoms. The summed E-state index contributed by atoms with van der Waals surface area (Å²) in [5, 5.41) is 6.40. The van der Waals surface area contributed by atoms with E-state index < -0.39 is 0 Å². The highest BCUT2D eigenvalue weighted by Gasteiger charge is 2.13. The van der Waals surface area contributed by atoms with Gasteiger partial charge >= 0.3 is 0 Å². The van der Waals surface area contributed by atoms with Crippen molar-refractivity contribution in [2.75, 3.05) is 17.4 Å². The van der Waals surface area contributed by atoms with Crippen LogP contribution in [-0.2, 0) is 0 Å². The molecule has 0 bridgehead atoms. The van der Waals surface area contributed by atoms with Crippen LogP contribution in [0.25, 0.3) is 0 Å². The van der Waals surface area contributed by atoms with Gasteiger partial charge in [0.2, 0.25) is 6.79 Å². The number of hydrogen-bond acceptors (Lipinski definition) is 5. The summed E-state index contributed by atoms with van der Waals surface area (Å²) >= 11 is 6.05. The smallest absolute Gasteiger partial charge is 0.257 e. The highest BCUT2D eigenvalue weighted by molar-refractivity contribution is 6.33. The minimum absolute atomic E-state index is 0.228. The Hall–Kier alpha value is -3.25. The van der Waals surface area contributed by atoms with E-state index in [1.165, 1.54) is 6.20 Å². The fraction of sp³-hybridized carbons (Fsp3) is 0.0526. The molecular weight excluding hydrogens is 354 g/mol. The molecule has 2 heterocycles. The number of rotatable bonds is 4. The van der Waals surface area contributed by atoms with Crippen molar-refractivity contribution in [3.8, 4) is 11.5 Å². The summed E-state index contributed by atoms with van der Waals surface area (Å²) < 4.78 is 10.6. The monoisotopic (exact) mass is 367 g/mol. The Morgan fingerprint density at radius 3 is 2.69 bits per heavy atom. The minimum atomic E-state index is -0.278. The molecule has 2 aromatic carbocycles.